The minimum atomic E-state index is -3.64. The number of hydrogen-bond acceptors (Lipinski definition) is 6. The van der Waals surface area contributed by atoms with Crippen molar-refractivity contribution in [2.75, 3.05) is 38.2 Å². The summed E-state index contributed by atoms with van der Waals surface area (Å²) in [6.07, 6.45) is 0. The lowest BCUT2D eigenvalue weighted by atomic mass is 10.1. The van der Waals surface area contributed by atoms with Crippen LogP contribution in [0, 0.1) is 13.8 Å². The number of nitrogens with one attached hydrogen (secondary N) is 1. The molecule has 2 aromatic carbocycles. The second kappa shape index (κ2) is 10.6. The fourth-order valence-corrected chi connectivity index (χ4v) is 5.88. The molecule has 0 unspecified atom stereocenters. The predicted octanol–water partition coefficient (Wildman–Crippen LogP) is 3.22. The lowest BCUT2D eigenvalue weighted by Crippen LogP contribution is -2.41. The Labute approximate surface area is 205 Å². The van der Waals surface area contributed by atoms with Crippen LogP contribution in [0.25, 0.3) is 0 Å². The van der Waals surface area contributed by atoms with E-state index in [2.05, 4.69) is 10.4 Å². The van der Waals surface area contributed by atoms with E-state index in [1.807, 2.05) is 37.3 Å². The van der Waals surface area contributed by atoms with Crippen LogP contribution in [0.4, 0.5) is 5.69 Å². The van der Waals surface area contributed by atoms with E-state index >= 15 is 0 Å². The number of sulfonamides is 1. The van der Waals surface area contributed by atoms with Gasteiger partial charge in [-0.25, -0.2) is 8.42 Å². The molecule has 2 heterocycles. The molecule has 4 rings (SSSR count). The molecule has 9 nitrogen and oxygen atoms in total. The van der Waals surface area contributed by atoms with Crippen molar-refractivity contribution in [3.05, 3.63) is 71.0 Å². The van der Waals surface area contributed by atoms with E-state index in [-0.39, 0.29) is 10.8 Å². The van der Waals surface area contributed by atoms with E-state index in [9.17, 15) is 13.2 Å². The van der Waals surface area contributed by atoms with Gasteiger partial charge < -0.3 is 14.8 Å². The average Bonchev–Trinajstić information content (AvgIpc) is 3.14. The number of para-hydroxylation sites is 2. The maximum absolute atomic E-state index is 13.2. The lowest BCUT2D eigenvalue weighted by Gasteiger charge is -2.26. The van der Waals surface area contributed by atoms with Gasteiger partial charge in [-0.3, -0.25) is 9.48 Å². The summed E-state index contributed by atoms with van der Waals surface area (Å²) >= 11 is 0. The molecule has 35 heavy (non-hydrogen) atoms. The van der Waals surface area contributed by atoms with Crippen molar-refractivity contribution in [1.82, 2.24) is 14.1 Å². The molecule has 1 N–H and O–H groups in total. The molecule has 1 aliphatic heterocycles. The maximum Gasteiger partial charge on any atom is 0.255 e. The third-order valence-corrected chi connectivity index (χ3v) is 8.02. The largest absolute Gasteiger partial charge is 0.492 e. The Hall–Kier alpha value is -3.21. The number of ether oxygens (including phenoxy) is 2. The molecule has 1 aliphatic rings. The summed E-state index contributed by atoms with van der Waals surface area (Å²) in [5, 5.41) is 7.38. The van der Waals surface area contributed by atoms with Crippen molar-refractivity contribution in [3.63, 3.8) is 0 Å². The van der Waals surface area contributed by atoms with Gasteiger partial charge >= 0.3 is 0 Å². The Bertz CT molecular complexity index is 1300. The zero-order valence-electron chi connectivity index (χ0n) is 20.2. The average molecular weight is 499 g/mol. The van der Waals surface area contributed by atoms with Gasteiger partial charge in [-0.2, -0.15) is 9.40 Å². The number of rotatable bonds is 8. The molecule has 1 aromatic heterocycles. The number of amides is 1. The highest BCUT2D eigenvalue weighted by Crippen LogP contribution is 2.26. The predicted molar refractivity (Wildman–Crippen MR) is 132 cm³/mol. The van der Waals surface area contributed by atoms with Crippen molar-refractivity contribution in [3.8, 4) is 5.75 Å². The van der Waals surface area contributed by atoms with Gasteiger partial charge in [-0.05, 0) is 50.6 Å². The molecule has 0 bridgehead atoms. The van der Waals surface area contributed by atoms with Crippen molar-refractivity contribution in [1.29, 1.82) is 0 Å². The molecule has 3 aromatic rings. The Morgan fingerprint density at radius 3 is 2.46 bits per heavy atom. The first kappa shape index (κ1) is 24.9. The van der Waals surface area contributed by atoms with Crippen LogP contribution in [-0.2, 0) is 21.3 Å². The summed E-state index contributed by atoms with van der Waals surface area (Å²) in [7, 11) is -3.64. The number of hydrogen-bond donors (Lipinski definition) is 1. The summed E-state index contributed by atoms with van der Waals surface area (Å²) in [6.45, 7) is 7.72. The molecule has 1 saturated heterocycles. The summed E-state index contributed by atoms with van der Waals surface area (Å²) in [5.41, 5.74) is 3.07. The van der Waals surface area contributed by atoms with Gasteiger partial charge in [0.25, 0.3) is 5.91 Å². The third-order valence-electron chi connectivity index (χ3n) is 5.87. The molecule has 0 radical (unpaired) electrons. The molecular formula is C25H30N4O5S. The van der Waals surface area contributed by atoms with Crippen LogP contribution in [-0.4, -0.2) is 61.3 Å². The lowest BCUT2D eigenvalue weighted by molar-refractivity contribution is 0.0730. The minimum Gasteiger partial charge on any atom is -0.492 e. The summed E-state index contributed by atoms with van der Waals surface area (Å²) in [4.78, 5) is 13.0. The van der Waals surface area contributed by atoms with Crippen LogP contribution in [0.2, 0.25) is 0 Å². The van der Waals surface area contributed by atoms with Crippen LogP contribution in [0.3, 0.4) is 0 Å². The van der Waals surface area contributed by atoms with Crippen LogP contribution in [0.5, 0.6) is 5.75 Å². The van der Waals surface area contributed by atoms with Crippen molar-refractivity contribution in [2.45, 2.75) is 32.2 Å². The van der Waals surface area contributed by atoms with E-state index < -0.39 is 10.0 Å². The van der Waals surface area contributed by atoms with Gasteiger partial charge in [0.05, 0.1) is 43.4 Å². The van der Waals surface area contributed by atoms with Crippen LogP contribution >= 0.6 is 0 Å². The maximum atomic E-state index is 13.2. The van der Waals surface area contributed by atoms with Crippen LogP contribution in [0.15, 0.2) is 53.4 Å². The first-order chi connectivity index (χ1) is 16.8. The zero-order chi connectivity index (χ0) is 25.0. The number of morpholine rings is 1. The highest BCUT2D eigenvalue weighted by molar-refractivity contribution is 7.89. The molecule has 0 saturated carbocycles. The number of nitrogens with zero attached hydrogens (tertiary/aromatic N) is 3. The highest BCUT2D eigenvalue weighted by atomic mass is 32.2. The number of carbonyl (C=O) groups is 1. The number of benzene rings is 2. The Balaban J connectivity index is 1.48. The van der Waals surface area contributed by atoms with E-state index in [1.54, 1.807) is 36.7 Å². The summed E-state index contributed by atoms with van der Waals surface area (Å²) < 4.78 is 40.4. The van der Waals surface area contributed by atoms with Gasteiger partial charge in [0.2, 0.25) is 10.0 Å². The first-order valence-corrected chi connectivity index (χ1v) is 13.0. The molecule has 186 valence electrons. The zero-order valence-corrected chi connectivity index (χ0v) is 21.0. The number of anilines is 1. The SMILES string of the molecule is CCOc1ccccc1NC(=O)c1ccc(Cn2nc(C)c(S(=O)(=O)N3CCOCC3)c2C)cc1. The van der Waals surface area contributed by atoms with E-state index in [0.717, 1.165) is 5.56 Å². The van der Waals surface area contributed by atoms with Gasteiger partial charge in [0.15, 0.2) is 0 Å². The van der Waals surface area contributed by atoms with E-state index in [0.29, 0.717) is 67.8 Å². The van der Waals surface area contributed by atoms with Crippen molar-refractivity contribution >= 4 is 21.6 Å². The van der Waals surface area contributed by atoms with Crippen LogP contribution < -0.4 is 10.1 Å². The number of aryl methyl sites for hydroxylation is 1. The third kappa shape index (κ3) is 5.39. The van der Waals surface area contributed by atoms with Gasteiger partial charge in [0.1, 0.15) is 10.6 Å². The normalized spacial score (nSPS) is 14.6. The first-order valence-electron chi connectivity index (χ1n) is 11.5. The minimum absolute atomic E-state index is 0.242. The molecule has 0 spiro atoms. The van der Waals surface area contributed by atoms with E-state index in [1.165, 1.54) is 4.31 Å². The molecular weight excluding hydrogens is 468 g/mol. The second-order valence-corrected chi connectivity index (χ2v) is 10.1. The topological polar surface area (TPSA) is 103 Å². The second-order valence-electron chi connectivity index (χ2n) is 8.25. The number of aromatic nitrogens is 2. The molecule has 0 atom stereocenters. The fourth-order valence-electron chi connectivity index (χ4n) is 4.10. The van der Waals surface area contributed by atoms with Gasteiger partial charge in [-0.1, -0.05) is 24.3 Å². The monoisotopic (exact) mass is 498 g/mol. The van der Waals surface area contributed by atoms with E-state index in [4.69, 9.17) is 9.47 Å². The van der Waals surface area contributed by atoms with Gasteiger partial charge in [-0.15, -0.1) is 0 Å². The Morgan fingerprint density at radius 2 is 1.77 bits per heavy atom. The molecule has 1 fully saturated rings. The summed E-state index contributed by atoms with van der Waals surface area (Å²) in [6, 6.07) is 14.5. The smallest absolute Gasteiger partial charge is 0.255 e. The Morgan fingerprint density at radius 1 is 1.09 bits per heavy atom. The molecule has 0 aliphatic carbocycles. The van der Waals surface area contributed by atoms with Crippen molar-refractivity contribution < 1.29 is 22.7 Å². The van der Waals surface area contributed by atoms with Gasteiger partial charge in [0, 0.05) is 18.7 Å². The number of carbonyl (C=O) groups excluding carboxylic acids is 1. The summed E-state index contributed by atoms with van der Waals surface area (Å²) in [5.74, 6) is 0.376. The molecule has 1 amide bonds. The van der Waals surface area contributed by atoms with Crippen LogP contribution in [0.1, 0.15) is 34.2 Å². The molecule has 10 heteroatoms. The standard InChI is InChI=1S/C25H30N4O5S/c1-4-34-23-8-6-5-7-22(23)26-25(30)21-11-9-20(10-12-21)17-29-19(3)24(18(2)27-29)35(31,32)28-13-15-33-16-14-28/h5-12H,4,13-17H2,1-3H3,(H,26,30). The quantitative estimate of drug-likeness (QED) is 0.512. The highest BCUT2D eigenvalue weighted by Gasteiger charge is 2.32. The van der Waals surface area contributed by atoms with Crippen molar-refractivity contribution in [2.24, 2.45) is 0 Å². The Kier molecular flexibility index (Phi) is 7.54. The fraction of sp³-hybridized carbons (Fsp3) is 0.360.